The van der Waals surface area contributed by atoms with Gasteiger partial charge < -0.3 is 9.55 Å². The molecule has 0 unspecified atom stereocenters. The Hall–Kier alpha value is -2.33. The highest BCUT2D eigenvalue weighted by molar-refractivity contribution is 9.10. The van der Waals surface area contributed by atoms with Crippen LogP contribution in [-0.4, -0.2) is 14.5 Å². The van der Waals surface area contributed by atoms with Crippen LogP contribution >= 0.6 is 15.9 Å². The molecule has 0 spiro atoms. The number of aromatic nitrogens is 3. The average molecular weight is 352 g/mol. The zero-order chi connectivity index (χ0) is 14.9. The lowest BCUT2D eigenvalue weighted by atomic mass is 10.2. The molecule has 0 fully saturated rings. The van der Waals surface area contributed by atoms with E-state index in [-0.39, 0.29) is 0 Å². The Morgan fingerprint density at radius 2 is 1.91 bits per heavy atom. The molecule has 0 radical (unpaired) electrons. The predicted molar refractivity (Wildman–Crippen MR) is 92.8 cm³/mol. The molecular weight excluding hydrogens is 338 g/mol. The maximum absolute atomic E-state index is 4.32. The summed E-state index contributed by atoms with van der Waals surface area (Å²) in [7, 11) is 0. The van der Waals surface area contributed by atoms with Gasteiger partial charge in [-0.25, -0.2) is 4.98 Å². The summed E-state index contributed by atoms with van der Waals surface area (Å²) in [5.41, 5.74) is 4.57. The first-order chi connectivity index (χ1) is 10.8. The number of nitrogens with one attached hydrogen (secondary N) is 1. The number of imidazole rings is 1. The molecule has 22 heavy (non-hydrogen) atoms. The summed E-state index contributed by atoms with van der Waals surface area (Å²) in [6.45, 7) is 0.815. The fourth-order valence-electron chi connectivity index (χ4n) is 2.69. The second-order valence-corrected chi connectivity index (χ2v) is 6.22. The highest BCUT2D eigenvalue weighted by Crippen LogP contribution is 2.26. The summed E-state index contributed by atoms with van der Waals surface area (Å²) in [5, 5.41) is 1.19. The second-order valence-electron chi connectivity index (χ2n) is 5.31. The van der Waals surface area contributed by atoms with E-state index >= 15 is 0 Å². The average Bonchev–Trinajstić information content (AvgIpc) is 3.14. The van der Waals surface area contributed by atoms with Crippen molar-refractivity contribution in [3.8, 4) is 11.4 Å². The van der Waals surface area contributed by atoms with Gasteiger partial charge in [0.2, 0.25) is 0 Å². The van der Waals surface area contributed by atoms with E-state index in [1.54, 1.807) is 0 Å². The van der Waals surface area contributed by atoms with Gasteiger partial charge >= 0.3 is 0 Å². The van der Waals surface area contributed by atoms with Crippen LogP contribution < -0.4 is 0 Å². The lowest BCUT2D eigenvalue weighted by Crippen LogP contribution is -2.00. The number of fused-ring (bicyclic) bond motifs is 1. The molecule has 0 aliphatic heterocycles. The number of nitrogens with zero attached hydrogens (tertiary/aromatic N) is 2. The van der Waals surface area contributed by atoms with E-state index in [0.29, 0.717) is 0 Å². The van der Waals surface area contributed by atoms with Gasteiger partial charge in [-0.2, -0.15) is 0 Å². The van der Waals surface area contributed by atoms with Gasteiger partial charge in [-0.1, -0.05) is 46.3 Å². The topological polar surface area (TPSA) is 33.6 Å². The minimum absolute atomic E-state index is 0.815. The van der Waals surface area contributed by atoms with Crippen LogP contribution in [0.15, 0.2) is 71.6 Å². The molecule has 0 aliphatic carbocycles. The lowest BCUT2D eigenvalue weighted by molar-refractivity contribution is 0.803. The number of rotatable bonds is 3. The Bertz CT molecular complexity index is 922. The molecule has 0 bridgehead atoms. The van der Waals surface area contributed by atoms with Gasteiger partial charge in [-0.3, -0.25) is 0 Å². The Morgan fingerprint density at radius 1 is 1.05 bits per heavy atom. The number of hydrogen-bond acceptors (Lipinski definition) is 1. The van der Waals surface area contributed by atoms with Crippen molar-refractivity contribution in [2.75, 3.05) is 0 Å². The van der Waals surface area contributed by atoms with E-state index in [9.17, 15) is 0 Å². The van der Waals surface area contributed by atoms with E-state index in [4.69, 9.17) is 0 Å². The largest absolute Gasteiger partial charge is 0.353 e. The van der Waals surface area contributed by atoms with Crippen LogP contribution in [0.1, 0.15) is 5.56 Å². The van der Waals surface area contributed by atoms with Crippen molar-refractivity contribution >= 4 is 26.8 Å². The number of H-pyrrole nitrogens is 1. The van der Waals surface area contributed by atoms with Gasteiger partial charge in [0.1, 0.15) is 0 Å². The first kappa shape index (κ1) is 13.3. The van der Waals surface area contributed by atoms with Crippen LogP contribution in [0, 0.1) is 0 Å². The third-order valence-electron chi connectivity index (χ3n) is 3.77. The third kappa shape index (κ3) is 2.46. The van der Waals surface area contributed by atoms with Crippen LogP contribution in [0.3, 0.4) is 0 Å². The highest BCUT2D eigenvalue weighted by Gasteiger charge is 2.09. The molecule has 3 nitrogen and oxygen atoms in total. The molecule has 108 valence electrons. The lowest BCUT2D eigenvalue weighted by Gasteiger charge is -2.06. The van der Waals surface area contributed by atoms with E-state index < -0.39 is 0 Å². The Labute approximate surface area is 136 Å². The Kier molecular flexibility index (Phi) is 3.31. The Balaban J connectivity index is 1.74. The molecule has 4 heteroatoms. The van der Waals surface area contributed by atoms with Gasteiger partial charge in [0.25, 0.3) is 0 Å². The maximum Gasteiger partial charge on any atom is 0.0954 e. The maximum atomic E-state index is 4.32. The van der Waals surface area contributed by atoms with E-state index in [0.717, 1.165) is 27.9 Å². The standard InChI is InChI=1S/C18H14BrN3/c19-15-6-7-16-14(8-15)9-17(21-16)18-10-20-12-22(18)11-13-4-2-1-3-5-13/h1-10,12,21H,11H2. The molecule has 0 amide bonds. The van der Waals surface area contributed by atoms with E-state index in [1.165, 1.54) is 10.9 Å². The minimum atomic E-state index is 0.815. The first-order valence-corrected chi connectivity index (χ1v) is 7.91. The first-order valence-electron chi connectivity index (χ1n) is 7.12. The summed E-state index contributed by atoms with van der Waals surface area (Å²) < 4.78 is 3.25. The summed E-state index contributed by atoms with van der Waals surface area (Å²) >= 11 is 3.52. The van der Waals surface area contributed by atoms with Gasteiger partial charge in [0, 0.05) is 21.9 Å². The molecule has 2 heterocycles. The van der Waals surface area contributed by atoms with Crippen LogP contribution in [0.5, 0.6) is 0 Å². The molecule has 0 saturated heterocycles. The fourth-order valence-corrected chi connectivity index (χ4v) is 3.07. The predicted octanol–water partition coefficient (Wildman–Crippen LogP) is 4.84. The summed E-state index contributed by atoms with van der Waals surface area (Å²) in [4.78, 5) is 7.79. The smallest absolute Gasteiger partial charge is 0.0954 e. The van der Waals surface area contributed by atoms with E-state index in [2.05, 4.69) is 72.9 Å². The zero-order valence-electron chi connectivity index (χ0n) is 11.8. The molecule has 4 rings (SSSR count). The summed E-state index contributed by atoms with van der Waals surface area (Å²) in [6.07, 6.45) is 3.78. The molecule has 2 aromatic heterocycles. The molecule has 0 saturated carbocycles. The van der Waals surface area contributed by atoms with Crippen LogP contribution in [-0.2, 0) is 6.54 Å². The number of benzene rings is 2. The normalized spacial score (nSPS) is 11.1. The van der Waals surface area contributed by atoms with E-state index in [1.807, 2.05) is 24.7 Å². The quantitative estimate of drug-likeness (QED) is 0.562. The molecule has 2 aromatic carbocycles. The van der Waals surface area contributed by atoms with Crippen molar-refractivity contribution in [2.24, 2.45) is 0 Å². The van der Waals surface area contributed by atoms with Crippen LogP contribution in [0.4, 0.5) is 0 Å². The highest BCUT2D eigenvalue weighted by atomic mass is 79.9. The monoisotopic (exact) mass is 351 g/mol. The van der Waals surface area contributed by atoms with Crippen molar-refractivity contribution < 1.29 is 0 Å². The SMILES string of the molecule is Brc1ccc2[nH]c(-c3cncn3Cc3ccccc3)cc2c1. The molecular formula is C18H14BrN3. The van der Waals surface area contributed by atoms with Gasteiger partial charge in [-0.15, -0.1) is 0 Å². The van der Waals surface area contributed by atoms with Gasteiger partial charge in [0.15, 0.2) is 0 Å². The third-order valence-corrected chi connectivity index (χ3v) is 4.26. The second kappa shape index (κ2) is 5.46. The van der Waals surface area contributed by atoms with Crippen molar-refractivity contribution in [1.29, 1.82) is 0 Å². The zero-order valence-corrected chi connectivity index (χ0v) is 13.4. The summed E-state index contributed by atoms with van der Waals surface area (Å²) in [6, 6.07) is 18.8. The van der Waals surface area contributed by atoms with Crippen LogP contribution in [0.25, 0.3) is 22.3 Å². The van der Waals surface area contributed by atoms with Crippen molar-refractivity contribution in [1.82, 2.24) is 14.5 Å². The van der Waals surface area contributed by atoms with Crippen molar-refractivity contribution in [3.63, 3.8) is 0 Å². The molecule has 1 N–H and O–H groups in total. The molecule has 0 atom stereocenters. The number of hydrogen-bond donors (Lipinski definition) is 1. The number of aromatic amines is 1. The Morgan fingerprint density at radius 3 is 2.77 bits per heavy atom. The molecule has 4 aromatic rings. The van der Waals surface area contributed by atoms with Crippen molar-refractivity contribution in [2.45, 2.75) is 6.54 Å². The minimum Gasteiger partial charge on any atom is -0.353 e. The number of halogens is 1. The summed E-state index contributed by atoms with van der Waals surface area (Å²) in [5.74, 6) is 0. The van der Waals surface area contributed by atoms with Crippen LogP contribution in [0.2, 0.25) is 0 Å². The van der Waals surface area contributed by atoms with Gasteiger partial charge in [0.05, 0.1) is 23.9 Å². The molecule has 0 aliphatic rings. The van der Waals surface area contributed by atoms with Gasteiger partial charge in [-0.05, 0) is 29.8 Å². The fraction of sp³-hybridized carbons (Fsp3) is 0.0556. The van der Waals surface area contributed by atoms with Crippen molar-refractivity contribution in [3.05, 3.63) is 77.2 Å².